The number of hydrogen-bond donors (Lipinski definition) is 1. The van der Waals surface area contributed by atoms with Crippen LogP contribution in [0.4, 0.5) is 5.69 Å². The van der Waals surface area contributed by atoms with Crippen LogP contribution in [0.5, 0.6) is 0 Å². The van der Waals surface area contributed by atoms with Crippen molar-refractivity contribution in [3.05, 3.63) is 47.8 Å². The smallest absolute Gasteiger partial charge is 0.0719 e. The Morgan fingerprint density at radius 1 is 1.26 bits per heavy atom. The molecule has 0 saturated carbocycles. The van der Waals surface area contributed by atoms with Crippen LogP contribution in [0.3, 0.4) is 0 Å². The number of hydrogen-bond acceptors (Lipinski definition) is 2. The van der Waals surface area contributed by atoms with E-state index in [2.05, 4.69) is 43.2 Å². The summed E-state index contributed by atoms with van der Waals surface area (Å²) in [5.41, 5.74) is 9.20. The molecule has 0 aliphatic heterocycles. The summed E-state index contributed by atoms with van der Waals surface area (Å²) in [5.74, 6) is 0.654. The lowest BCUT2D eigenvalue weighted by Gasteiger charge is -2.09. The first-order valence-electron chi connectivity index (χ1n) is 7.05. The molecule has 1 unspecified atom stereocenters. The summed E-state index contributed by atoms with van der Waals surface area (Å²) in [6, 6.07) is 9.02. The van der Waals surface area contributed by atoms with Crippen molar-refractivity contribution in [3.63, 3.8) is 0 Å². The van der Waals surface area contributed by atoms with Gasteiger partial charge in [-0.2, -0.15) is 5.10 Å². The van der Waals surface area contributed by atoms with Gasteiger partial charge < -0.3 is 5.73 Å². The molecule has 0 spiro atoms. The Morgan fingerprint density at radius 2 is 2.00 bits per heavy atom. The van der Waals surface area contributed by atoms with Crippen LogP contribution in [0.25, 0.3) is 0 Å². The zero-order valence-corrected chi connectivity index (χ0v) is 11.8. The van der Waals surface area contributed by atoms with Gasteiger partial charge in [-0.25, -0.2) is 0 Å². The summed E-state index contributed by atoms with van der Waals surface area (Å²) in [5, 5.41) is 4.19. The zero-order chi connectivity index (χ0) is 13.7. The minimum absolute atomic E-state index is 0.654. The molecule has 0 aliphatic rings. The van der Waals surface area contributed by atoms with E-state index in [0.717, 1.165) is 25.1 Å². The Kier molecular flexibility index (Phi) is 4.61. The Morgan fingerprint density at radius 3 is 2.58 bits per heavy atom. The summed E-state index contributed by atoms with van der Waals surface area (Å²) in [6.07, 6.45) is 6.94. The van der Waals surface area contributed by atoms with Gasteiger partial charge in [0.1, 0.15) is 0 Å². The van der Waals surface area contributed by atoms with Crippen molar-refractivity contribution in [2.75, 3.05) is 5.73 Å². The van der Waals surface area contributed by atoms with Gasteiger partial charge in [-0.15, -0.1) is 0 Å². The molecule has 3 heteroatoms. The maximum Gasteiger partial charge on any atom is 0.0719 e. The van der Waals surface area contributed by atoms with E-state index in [1.807, 2.05) is 10.9 Å². The van der Waals surface area contributed by atoms with Crippen molar-refractivity contribution < 1.29 is 0 Å². The molecule has 2 N–H and O–H groups in total. The van der Waals surface area contributed by atoms with E-state index >= 15 is 0 Å². The van der Waals surface area contributed by atoms with E-state index in [4.69, 9.17) is 5.73 Å². The molecular formula is C16H23N3. The number of nitrogens with two attached hydrogens (primary N) is 1. The third-order valence-electron chi connectivity index (χ3n) is 3.67. The highest BCUT2D eigenvalue weighted by atomic mass is 15.3. The number of rotatable bonds is 6. The molecule has 2 rings (SSSR count). The van der Waals surface area contributed by atoms with Crippen molar-refractivity contribution in [2.24, 2.45) is 0 Å². The van der Waals surface area contributed by atoms with Crippen molar-refractivity contribution in [3.8, 4) is 0 Å². The molecule has 2 aromatic rings. The van der Waals surface area contributed by atoms with Gasteiger partial charge in [0.05, 0.1) is 11.9 Å². The predicted octanol–water partition coefficient (Wildman–Crippen LogP) is 3.61. The molecule has 19 heavy (non-hydrogen) atoms. The minimum atomic E-state index is 0.654. The summed E-state index contributed by atoms with van der Waals surface area (Å²) in [7, 11) is 0. The van der Waals surface area contributed by atoms with Gasteiger partial charge in [0.15, 0.2) is 0 Å². The number of aryl methyl sites for hydroxylation is 2. The average Bonchev–Trinajstić information content (AvgIpc) is 2.84. The molecule has 0 bridgehead atoms. The van der Waals surface area contributed by atoms with E-state index in [1.165, 1.54) is 17.5 Å². The predicted molar refractivity (Wildman–Crippen MR) is 80.1 cm³/mol. The molecule has 1 atom stereocenters. The van der Waals surface area contributed by atoms with Crippen LogP contribution < -0.4 is 5.73 Å². The van der Waals surface area contributed by atoms with Crippen molar-refractivity contribution >= 4 is 5.69 Å². The number of anilines is 1. The Balaban J connectivity index is 1.83. The minimum Gasteiger partial charge on any atom is -0.396 e. The highest BCUT2D eigenvalue weighted by Crippen LogP contribution is 2.19. The molecule has 0 fully saturated rings. The van der Waals surface area contributed by atoms with Crippen LogP contribution >= 0.6 is 0 Å². The molecule has 1 heterocycles. The second kappa shape index (κ2) is 6.41. The number of nitrogens with zero attached hydrogens (tertiary/aromatic N) is 2. The van der Waals surface area contributed by atoms with Gasteiger partial charge in [-0.1, -0.05) is 38.1 Å². The second-order valence-electron chi connectivity index (χ2n) is 5.19. The molecule has 102 valence electrons. The van der Waals surface area contributed by atoms with Crippen LogP contribution in [0.1, 0.15) is 43.7 Å². The van der Waals surface area contributed by atoms with Gasteiger partial charge in [0.25, 0.3) is 0 Å². The fraction of sp³-hybridized carbons (Fsp3) is 0.438. The number of benzene rings is 1. The lowest BCUT2D eigenvalue weighted by atomic mass is 9.97. The molecule has 0 saturated heterocycles. The molecule has 0 radical (unpaired) electrons. The third-order valence-corrected chi connectivity index (χ3v) is 3.67. The second-order valence-corrected chi connectivity index (χ2v) is 5.19. The molecule has 1 aromatic carbocycles. The molecule has 1 aromatic heterocycles. The van der Waals surface area contributed by atoms with Gasteiger partial charge in [0.2, 0.25) is 0 Å². The standard InChI is InChI=1S/C16H23N3/c1-3-13(2)15-8-6-14(7-9-15)5-4-10-19-12-16(17)11-18-19/h6-9,11-13H,3-5,10,17H2,1-2H3. The average molecular weight is 257 g/mol. The zero-order valence-electron chi connectivity index (χ0n) is 11.8. The van der Waals surface area contributed by atoms with Crippen molar-refractivity contribution in [1.29, 1.82) is 0 Å². The van der Waals surface area contributed by atoms with Crippen molar-refractivity contribution in [1.82, 2.24) is 9.78 Å². The number of aromatic nitrogens is 2. The normalized spacial score (nSPS) is 12.5. The van der Waals surface area contributed by atoms with Gasteiger partial charge in [-0.05, 0) is 36.3 Å². The first-order chi connectivity index (χ1) is 9.19. The topological polar surface area (TPSA) is 43.8 Å². The lowest BCUT2D eigenvalue weighted by Crippen LogP contribution is -2.00. The van der Waals surface area contributed by atoms with Gasteiger partial charge in [0, 0.05) is 12.7 Å². The lowest BCUT2D eigenvalue weighted by molar-refractivity contribution is 0.579. The van der Waals surface area contributed by atoms with Gasteiger partial charge >= 0.3 is 0 Å². The fourth-order valence-corrected chi connectivity index (χ4v) is 2.20. The van der Waals surface area contributed by atoms with E-state index < -0.39 is 0 Å². The quantitative estimate of drug-likeness (QED) is 0.859. The summed E-state index contributed by atoms with van der Waals surface area (Å²) in [6.45, 7) is 5.43. The van der Waals surface area contributed by atoms with Crippen LogP contribution in [0.2, 0.25) is 0 Å². The van der Waals surface area contributed by atoms with Crippen LogP contribution in [0.15, 0.2) is 36.7 Å². The van der Waals surface area contributed by atoms with Crippen LogP contribution in [-0.2, 0) is 13.0 Å². The maximum atomic E-state index is 5.64. The number of nitrogen functional groups attached to an aromatic ring is 1. The molecule has 3 nitrogen and oxygen atoms in total. The highest BCUT2D eigenvalue weighted by molar-refractivity contribution is 5.30. The highest BCUT2D eigenvalue weighted by Gasteiger charge is 2.02. The van der Waals surface area contributed by atoms with Crippen LogP contribution in [-0.4, -0.2) is 9.78 Å². The fourth-order valence-electron chi connectivity index (χ4n) is 2.20. The van der Waals surface area contributed by atoms with Crippen molar-refractivity contribution in [2.45, 2.75) is 45.6 Å². The first kappa shape index (κ1) is 13.7. The Labute approximate surface area is 115 Å². The maximum absolute atomic E-state index is 5.64. The summed E-state index contributed by atoms with van der Waals surface area (Å²) in [4.78, 5) is 0. The van der Waals surface area contributed by atoms with Gasteiger partial charge in [-0.3, -0.25) is 4.68 Å². The third kappa shape index (κ3) is 3.85. The Hall–Kier alpha value is -1.77. The Bertz CT molecular complexity index is 499. The first-order valence-corrected chi connectivity index (χ1v) is 7.05. The SMILES string of the molecule is CCC(C)c1ccc(CCCn2cc(N)cn2)cc1. The van der Waals surface area contributed by atoms with Crippen LogP contribution in [0, 0.1) is 0 Å². The van der Waals surface area contributed by atoms with E-state index in [1.54, 1.807) is 6.20 Å². The summed E-state index contributed by atoms with van der Waals surface area (Å²) >= 11 is 0. The molecular weight excluding hydrogens is 234 g/mol. The van der Waals surface area contributed by atoms with E-state index in [-0.39, 0.29) is 0 Å². The molecule has 0 amide bonds. The van der Waals surface area contributed by atoms with E-state index in [9.17, 15) is 0 Å². The molecule has 0 aliphatic carbocycles. The van der Waals surface area contributed by atoms with E-state index in [0.29, 0.717) is 5.92 Å². The monoisotopic (exact) mass is 257 g/mol. The summed E-state index contributed by atoms with van der Waals surface area (Å²) < 4.78 is 1.91. The largest absolute Gasteiger partial charge is 0.396 e.